The Morgan fingerprint density at radius 2 is 2.19 bits per heavy atom. The second kappa shape index (κ2) is 8.28. The summed E-state index contributed by atoms with van der Waals surface area (Å²) in [5.41, 5.74) is 0. The van der Waals surface area contributed by atoms with Crippen LogP contribution >= 0.6 is 15.9 Å². The van der Waals surface area contributed by atoms with Gasteiger partial charge in [0.2, 0.25) is 10.0 Å². The van der Waals surface area contributed by atoms with Gasteiger partial charge in [0.05, 0.1) is 13.2 Å². The first kappa shape index (κ1) is 18.6. The molecular formula is C13H23BrN2O4S. The monoisotopic (exact) mass is 382 g/mol. The van der Waals surface area contributed by atoms with Crippen LogP contribution in [0.2, 0.25) is 0 Å². The molecule has 1 aromatic heterocycles. The molecule has 0 aromatic carbocycles. The molecule has 21 heavy (non-hydrogen) atoms. The van der Waals surface area contributed by atoms with Crippen LogP contribution < -0.4 is 5.32 Å². The molecule has 0 radical (unpaired) electrons. The van der Waals surface area contributed by atoms with Crippen molar-refractivity contribution >= 4 is 26.0 Å². The first-order chi connectivity index (χ1) is 9.84. The molecule has 8 heteroatoms. The first-order valence-corrected chi connectivity index (χ1v) is 9.03. The number of nitrogens with zero attached hydrogens (tertiary/aromatic N) is 1. The maximum Gasteiger partial charge on any atom is 0.247 e. The molecule has 0 aliphatic heterocycles. The lowest BCUT2D eigenvalue weighted by molar-refractivity contribution is 0.149. The smallest absolute Gasteiger partial charge is 0.247 e. The number of nitrogens with one attached hydrogen (secondary N) is 1. The van der Waals surface area contributed by atoms with Gasteiger partial charge >= 0.3 is 0 Å². The minimum absolute atomic E-state index is 0.140. The standard InChI is InChI=1S/C13H23BrN2O4S/c1-5-6-15-8-11-7-12(13(14)20-11)21(17,18)16(3)10(2)9-19-4/h7,10,15H,5-6,8-9H2,1-4H3. The topological polar surface area (TPSA) is 71.8 Å². The maximum absolute atomic E-state index is 12.6. The van der Waals surface area contributed by atoms with Gasteiger partial charge in [0.1, 0.15) is 10.7 Å². The van der Waals surface area contributed by atoms with Crippen molar-refractivity contribution in [2.45, 2.75) is 37.8 Å². The van der Waals surface area contributed by atoms with Crippen LogP contribution in [0.1, 0.15) is 26.0 Å². The van der Waals surface area contributed by atoms with E-state index in [9.17, 15) is 8.42 Å². The average molecular weight is 383 g/mol. The molecule has 1 heterocycles. The molecule has 1 unspecified atom stereocenters. The van der Waals surface area contributed by atoms with E-state index >= 15 is 0 Å². The van der Waals surface area contributed by atoms with Crippen LogP contribution in [0, 0.1) is 0 Å². The molecule has 0 bridgehead atoms. The Labute approximate surface area is 135 Å². The predicted molar refractivity (Wildman–Crippen MR) is 84.7 cm³/mol. The maximum atomic E-state index is 12.6. The van der Waals surface area contributed by atoms with Crippen molar-refractivity contribution in [2.24, 2.45) is 0 Å². The molecule has 6 nitrogen and oxygen atoms in total. The van der Waals surface area contributed by atoms with Gasteiger partial charge in [-0.3, -0.25) is 0 Å². The molecule has 1 atom stereocenters. The van der Waals surface area contributed by atoms with Crippen molar-refractivity contribution in [2.75, 3.05) is 27.3 Å². The number of rotatable bonds is 9. The molecule has 0 saturated carbocycles. The summed E-state index contributed by atoms with van der Waals surface area (Å²) in [5, 5.41) is 3.17. The van der Waals surface area contributed by atoms with Crippen LogP contribution in [0.5, 0.6) is 0 Å². The van der Waals surface area contributed by atoms with Gasteiger partial charge in [-0.1, -0.05) is 6.92 Å². The lowest BCUT2D eigenvalue weighted by Gasteiger charge is -2.22. The molecule has 1 N–H and O–H groups in total. The zero-order valence-electron chi connectivity index (χ0n) is 12.8. The van der Waals surface area contributed by atoms with Crippen molar-refractivity contribution in [3.63, 3.8) is 0 Å². The molecule has 122 valence electrons. The van der Waals surface area contributed by atoms with E-state index in [1.807, 2.05) is 0 Å². The molecule has 0 fully saturated rings. The van der Waals surface area contributed by atoms with Gasteiger partial charge in [0, 0.05) is 26.3 Å². The van der Waals surface area contributed by atoms with E-state index in [0.717, 1.165) is 13.0 Å². The Balaban J connectivity index is 2.92. The summed E-state index contributed by atoms with van der Waals surface area (Å²) in [5.74, 6) is 0.585. The highest BCUT2D eigenvalue weighted by molar-refractivity contribution is 9.10. The van der Waals surface area contributed by atoms with Gasteiger partial charge in [0.15, 0.2) is 4.67 Å². The second-order valence-corrected chi connectivity index (χ2v) is 7.54. The molecule has 0 amide bonds. The summed E-state index contributed by atoms with van der Waals surface area (Å²) in [6.45, 7) is 5.53. The normalized spacial score (nSPS) is 13.8. The van der Waals surface area contributed by atoms with Gasteiger partial charge in [-0.25, -0.2) is 8.42 Å². The SMILES string of the molecule is CCCNCc1cc(S(=O)(=O)N(C)C(C)COC)c(Br)o1. The third-order valence-electron chi connectivity index (χ3n) is 3.12. The third-order valence-corrected chi connectivity index (χ3v) is 5.95. The highest BCUT2D eigenvalue weighted by Crippen LogP contribution is 2.29. The zero-order chi connectivity index (χ0) is 16.0. The summed E-state index contributed by atoms with van der Waals surface area (Å²) in [4.78, 5) is 0.140. The number of furan rings is 1. The Bertz CT molecular complexity index is 544. The fourth-order valence-electron chi connectivity index (χ4n) is 1.79. The largest absolute Gasteiger partial charge is 0.452 e. The number of likely N-dealkylation sites (N-methyl/N-ethyl adjacent to an activating group) is 1. The van der Waals surface area contributed by atoms with Crippen molar-refractivity contribution < 1.29 is 17.6 Å². The Kier molecular flexibility index (Phi) is 7.35. The quantitative estimate of drug-likeness (QED) is 0.662. The molecule has 1 rings (SSSR count). The van der Waals surface area contributed by atoms with Crippen molar-refractivity contribution in [3.8, 4) is 0 Å². The van der Waals surface area contributed by atoms with E-state index in [1.165, 1.54) is 11.4 Å². The third kappa shape index (κ3) is 4.79. The summed E-state index contributed by atoms with van der Waals surface area (Å²) in [7, 11) is -0.537. The highest BCUT2D eigenvalue weighted by Gasteiger charge is 2.30. The van der Waals surface area contributed by atoms with E-state index in [2.05, 4.69) is 28.2 Å². The van der Waals surface area contributed by atoms with Crippen LogP contribution in [-0.2, 0) is 21.3 Å². The van der Waals surface area contributed by atoms with Crippen LogP contribution in [0.3, 0.4) is 0 Å². The number of methoxy groups -OCH3 is 1. The Morgan fingerprint density at radius 1 is 1.52 bits per heavy atom. The fourth-order valence-corrected chi connectivity index (χ4v) is 4.09. The minimum atomic E-state index is -3.62. The van der Waals surface area contributed by atoms with E-state index in [4.69, 9.17) is 9.15 Å². The predicted octanol–water partition coefficient (Wildman–Crippen LogP) is 2.20. The van der Waals surface area contributed by atoms with Crippen LogP contribution in [0.15, 0.2) is 20.0 Å². The highest BCUT2D eigenvalue weighted by atomic mass is 79.9. The van der Waals surface area contributed by atoms with E-state index in [0.29, 0.717) is 18.9 Å². The molecular weight excluding hydrogens is 360 g/mol. The first-order valence-electron chi connectivity index (χ1n) is 6.80. The molecule has 1 aromatic rings. The van der Waals surface area contributed by atoms with Gasteiger partial charge in [-0.2, -0.15) is 4.31 Å². The van der Waals surface area contributed by atoms with E-state index < -0.39 is 10.0 Å². The minimum Gasteiger partial charge on any atom is -0.452 e. The fraction of sp³-hybridized carbons (Fsp3) is 0.692. The lowest BCUT2D eigenvalue weighted by Crippen LogP contribution is -2.37. The van der Waals surface area contributed by atoms with Crippen molar-refractivity contribution in [1.29, 1.82) is 0 Å². The number of halogens is 1. The number of hydrogen-bond acceptors (Lipinski definition) is 5. The lowest BCUT2D eigenvalue weighted by atomic mass is 10.4. The Morgan fingerprint density at radius 3 is 2.76 bits per heavy atom. The van der Waals surface area contributed by atoms with Gasteiger partial charge in [-0.05, 0) is 35.8 Å². The van der Waals surface area contributed by atoms with Crippen LogP contribution in [-0.4, -0.2) is 46.1 Å². The van der Waals surface area contributed by atoms with Crippen LogP contribution in [0.25, 0.3) is 0 Å². The molecule has 0 spiro atoms. The summed E-state index contributed by atoms with van der Waals surface area (Å²) < 4.78 is 37.1. The number of sulfonamides is 1. The Hall–Kier alpha value is -0.410. The second-order valence-electron chi connectivity index (χ2n) is 4.85. The van der Waals surface area contributed by atoms with Crippen molar-refractivity contribution in [3.05, 3.63) is 16.5 Å². The van der Waals surface area contributed by atoms with Crippen LogP contribution in [0.4, 0.5) is 0 Å². The van der Waals surface area contributed by atoms with Gasteiger partial charge in [-0.15, -0.1) is 0 Å². The van der Waals surface area contributed by atoms with Gasteiger partial charge < -0.3 is 14.5 Å². The zero-order valence-corrected chi connectivity index (χ0v) is 15.3. The number of hydrogen-bond donors (Lipinski definition) is 1. The van der Waals surface area contributed by atoms with Gasteiger partial charge in [0.25, 0.3) is 0 Å². The summed E-state index contributed by atoms with van der Waals surface area (Å²) >= 11 is 3.19. The molecule has 0 aliphatic carbocycles. The molecule has 0 saturated heterocycles. The van der Waals surface area contributed by atoms with E-state index in [1.54, 1.807) is 20.1 Å². The van der Waals surface area contributed by atoms with E-state index in [-0.39, 0.29) is 15.6 Å². The summed E-state index contributed by atoms with van der Waals surface area (Å²) in [6, 6.07) is 1.29. The number of ether oxygens (including phenoxy) is 1. The molecule has 0 aliphatic rings. The average Bonchev–Trinajstić information content (AvgIpc) is 2.80. The van der Waals surface area contributed by atoms with Crippen molar-refractivity contribution in [1.82, 2.24) is 9.62 Å². The summed E-state index contributed by atoms with van der Waals surface area (Å²) in [6.07, 6.45) is 1.00.